The lowest BCUT2D eigenvalue weighted by Gasteiger charge is -2.34. The molecule has 122 valence electrons. The summed E-state index contributed by atoms with van der Waals surface area (Å²) < 4.78 is 5.39. The van der Waals surface area contributed by atoms with Gasteiger partial charge in [-0.25, -0.2) is 0 Å². The number of aryl methyl sites for hydroxylation is 1. The van der Waals surface area contributed by atoms with E-state index in [-0.39, 0.29) is 5.91 Å². The molecule has 0 atom stereocenters. The number of primary amides is 1. The van der Waals surface area contributed by atoms with Crippen LogP contribution < -0.4 is 11.1 Å². The van der Waals surface area contributed by atoms with Crippen LogP contribution in [-0.2, 0) is 16.0 Å². The van der Waals surface area contributed by atoms with E-state index in [1.165, 1.54) is 0 Å². The quantitative estimate of drug-likeness (QED) is 0.889. The number of nitrogens with zero attached hydrogens (tertiary/aromatic N) is 1. The van der Waals surface area contributed by atoms with Crippen molar-refractivity contribution < 1.29 is 9.53 Å². The minimum Gasteiger partial charge on any atom is -0.383 e. The summed E-state index contributed by atoms with van der Waals surface area (Å²) in [4.78, 5) is 16.6. The first-order chi connectivity index (χ1) is 11.1. The number of nitrogens with one attached hydrogen (secondary N) is 1. The van der Waals surface area contributed by atoms with Crippen LogP contribution in [0, 0.1) is 5.41 Å². The van der Waals surface area contributed by atoms with E-state index in [0.29, 0.717) is 32.6 Å². The zero-order valence-corrected chi connectivity index (χ0v) is 13.5. The topological polar surface area (TPSA) is 77.2 Å². The summed E-state index contributed by atoms with van der Waals surface area (Å²) in [5, 5.41) is 4.52. The molecule has 2 aromatic rings. The fourth-order valence-electron chi connectivity index (χ4n) is 3.09. The van der Waals surface area contributed by atoms with Crippen LogP contribution in [0.1, 0.15) is 25.5 Å². The molecule has 1 fully saturated rings. The summed E-state index contributed by atoms with van der Waals surface area (Å²) in [6.45, 7) is 3.79. The summed E-state index contributed by atoms with van der Waals surface area (Å²) >= 11 is 0. The molecule has 2 heterocycles. The molecule has 1 amide bonds. The number of hydrogen-bond donors (Lipinski definition) is 2. The number of para-hydroxylation sites is 1. The highest BCUT2D eigenvalue weighted by molar-refractivity contribution is 5.92. The fraction of sp³-hybridized carbons (Fsp3) is 0.444. The van der Waals surface area contributed by atoms with Crippen molar-refractivity contribution in [3.05, 3.63) is 36.0 Å². The average molecular weight is 313 g/mol. The molecular formula is C18H23N3O2. The lowest BCUT2D eigenvalue weighted by Crippen LogP contribution is -2.46. The van der Waals surface area contributed by atoms with Gasteiger partial charge in [-0.1, -0.05) is 25.1 Å². The normalized spacial score (nSPS) is 17.1. The van der Waals surface area contributed by atoms with Gasteiger partial charge in [-0.3, -0.25) is 9.78 Å². The summed E-state index contributed by atoms with van der Waals surface area (Å²) in [5.74, 6) is -0.248. The molecule has 0 saturated carbocycles. The van der Waals surface area contributed by atoms with Crippen LogP contribution in [0.2, 0.25) is 0 Å². The van der Waals surface area contributed by atoms with Gasteiger partial charge in [0.2, 0.25) is 5.91 Å². The summed E-state index contributed by atoms with van der Waals surface area (Å²) in [6, 6.07) is 10.1. The number of benzene rings is 1. The van der Waals surface area contributed by atoms with Gasteiger partial charge >= 0.3 is 0 Å². The minimum absolute atomic E-state index is 0.248. The highest BCUT2D eigenvalue weighted by Gasteiger charge is 2.38. The molecule has 0 spiro atoms. The molecule has 1 aromatic carbocycles. The lowest BCUT2D eigenvalue weighted by molar-refractivity contribution is -0.132. The van der Waals surface area contributed by atoms with Crippen molar-refractivity contribution in [1.29, 1.82) is 0 Å². The lowest BCUT2D eigenvalue weighted by atomic mass is 9.79. The maximum Gasteiger partial charge on any atom is 0.225 e. The third kappa shape index (κ3) is 3.15. The Balaban J connectivity index is 1.90. The number of carbonyl (C=O) groups excluding carboxylic acids is 1. The molecule has 5 nitrogen and oxygen atoms in total. The highest BCUT2D eigenvalue weighted by Crippen LogP contribution is 2.32. The average Bonchev–Trinajstić information content (AvgIpc) is 2.60. The van der Waals surface area contributed by atoms with Crippen molar-refractivity contribution in [2.75, 3.05) is 25.1 Å². The molecule has 0 aliphatic carbocycles. The molecule has 1 aliphatic rings. The number of ether oxygens (including phenoxy) is 1. The molecule has 0 unspecified atom stereocenters. The van der Waals surface area contributed by atoms with E-state index in [0.717, 1.165) is 28.7 Å². The zero-order valence-electron chi connectivity index (χ0n) is 13.5. The minimum atomic E-state index is -0.533. The van der Waals surface area contributed by atoms with Gasteiger partial charge in [0.15, 0.2) is 0 Å². The predicted octanol–water partition coefficient (Wildman–Crippen LogP) is 2.49. The van der Waals surface area contributed by atoms with Gasteiger partial charge in [0, 0.05) is 36.5 Å². The van der Waals surface area contributed by atoms with Crippen molar-refractivity contribution in [2.24, 2.45) is 11.1 Å². The van der Waals surface area contributed by atoms with Gasteiger partial charge < -0.3 is 15.8 Å². The molecule has 0 radical (unpaired) electrons. The molecule has 23 heavy (non-hydrogen) atoms. The third-order valence-corrected chi connectivity index (χ3v) is 4.72. The molecule has 1 saturated heterocycles. The number of pyridine rings is 1. The molecule has 5 heteroatoms. The van der Waals surface area contributed by atoms with Crippen LogP contribution in [-0.4, -0.2) is 30.6 Å². The Hall–Kier alpha value is -2.14. The van der Waals surface area contributed by atoms with Crippen LogP contribution in [0.25, 0.3) is 10.9 Å². The van der Waals surface area contributed by atoms with Gasteiger partial charge in [-0.15, -0.1) is 0 Å². The standard InChI is InChI=1S/C18H23N3O2/c1-2-13-11-16(14-5-3-4-6-15(14)21-13)20-12-18(17(19)22)7-9-23-10-8-18/h3-6,11H,2,7-10,12H2,1H3,(H2,19,22)(H,20,21). The number of aromatic nitrogens is 1. The largest absolute Gasteiger partial charge is 0.383 e. The molecular weight excluding hydrogens is 290 g/mol. The maximum atomic E-state index is 12.0. The van der Waals surface area contributed by atoms with Crippen LogP contribution in [0.15, 0.2) is 30.3 Å². The van der Waals surface area contributed by atoms with Crippen molar-refractivity contribution in [1.82, 2.24) is 4.98 Å². The van der Waals surface area contributed by atoms with Crippen LogP contribution in [0.3, 0.4) is 0 Å². The van der Waals surface area contributed by atoms with Crippen LogP contribution in [0.5, 0.6) is 0 Å². The van der Waals surface area contributed by atoms with E-state index >= 15 is 0 Å². The second-order valence-corrected chi connectivity index (χ2v) is 6.14. The van der Waals surface area contributed by atoms with E-state index in [4.69, 9.17) is 10.5 Å². The van der Waals surface area contributed by atoms with Gasteiger partial charge in [0.1, 0.15) is 0 Å². The fourth-order valence-corrected chi connectivity index (χ4v) is 3.09. The second-order valence-electron chi connectivity index (χ2n) is 6.14. The Morgan fingerprint density at radius 2 is 2.09 bits per heavy atom. The Kier molecular flexibility index (Phi) is 4.48. The first-order valence-electron chi connectivity index (χ1n) is 8.15. The van der Waals surface area contributed by atoms with Gasteiger partial charge in [-0.2, -0.15) is 0 Å². The SMILES string of the molecule is CCc1cc(NCC2(C(N)=O)CCOCC2)c2ccccc2n1. The van der Waals surface area contributed by atoms with E-state index < -0.39 is 5.41 Å². The summed E-state index contributed by atoms with van der Waals surface area (Å²) in [6.07, 6.45) is 2.20. The number of nitrogens with two attached hydrogens (primary N) is 1. The highest BCUT2D eigenvalue weighted by atomic mass is 16.5. The third-order valence-electron chi connectivity index (χ3n) is 4.72. The number of amides is 1. The Labute approximate surface area is 136 Å². The van der Waals surface area contributed by atoms with E-state index in [2.05, 4.69) is 23.3 Å². The van der Waals surface area contributed by atoms with Crippen molar-refractivity contribution in [3.63, 3.8) is 0 Å². The van der Waals surface area contributed by atoms with Crippen molar-refractivity contribution in [3.8, 4) is 0 Å². The molecule has 1 aliphatic heterocycles. The van der Waals surface area contributed by atoms with Crippen LogP contribution >= 0.6 is 0 Å². The molecule has 1 aromatic heterocycles. The van der Waals surface area contributed by atoms with Gasteiger partial charge in [0.05, 0.1) is 10.9 Å². The van der Waals surface area contributed by atoms with E-state index in [1.807, 2.05) is 24.3 Å². The Morgan fingerprint density at radius 3 is 2.78 bits per heavy atom. The molecule has 0 bridgehead atoms. The zero-order chi connectivity index (χ0) is 16.3. The smallest absolute Gasteiger partial charge is 0.225 e. The monoisotopic (exact) mass is 313 g/mol. The van der Waals surface area contributed by atoms with E-state index in [9.17, 15) is 4.79 Å². The number of rotatable bonds is 5. The Bertz CT molecular complexity index is 708. The summed E-state index contributed by atoms with van der Waals surface area (Å²) in [5.41, 5.74) is 8.17. The first kappa shape index (κ1) is 15.7. The van der Waals surface area contributed by atoms with Crippen LogP contribution in [0.4, 0.5) is 5.69 Å². The van der Waals surface area contributed by atoms with Gasteiger partial charge in [0.25, 0.3) is 0 Å². The molecule has 3 N–H and O–H groups in total. The second kappa shape index (κ2) is 6.54. The van der Waals surface area contributed by atoms with Crippen molar-refractivity contribution >= 4 is 22.5 Å². The maximum absolute atomic E-state index is 12.0. The van der Waals surface area contributed by atoms with E-state index in [1.54, 1.807) is 0 Å². The van der Waals surface area contributed by atoms with Gasteiger partial charge in [-0.05, 0) is 31.4 Å². The number of hydrogen-bond acceptors (Lipinski definition) is 4. The van der Waals surface area contributed by atoms with Crippen molar-refractivity contribution in [2.45, 2.75) is 26.2 Å². The Morgan fingerprint density at radius 1 is 1.35 bits per heavy atom. The molecule has 3 rings (SSSR count). The number of fused-ring (bicyclic) bond motifs is 1. The number of anilines is 1. The number of carbonyl (C=O) groups is 1. The summed E-state index contributed by atoms with van der Waals surface area (Å²) in [7, 11) is 0. The predicted molar refractivity (Wildman–Crippen MR) is 91.3 cm³/mol. The first-order valence-corrected chi connectivity index (χ1v) is 8.15.